The number of hydrogen-bond acceptors (Lipinski definition) is 15. The van der Waals surface area contributed by atoms with Gasteiger partial charge >= 0.3 is 11.5 Å². The van der Waals surface area contributed by atoms with Gasteiger partial charge in [-0.1, -0.05) is 12.1 Å². The van der Waals surface area contributed by atoms with Crippen molar-refractivity contribution in [2.45, 2.75) is 63.1 Å². The maximum absolute atomic E-state index is 13.3. The first-order chi connectivity index (χ1) is 29.4. The van der Waals surface area contributed by atoms with Crippen molar-refractivity contribution in [1.82, 2.24) is 58.2 Å². The Balaban J connectivity index is 0.000000140. The number of aromatic nitrogens is 12. The lowest BCUT2D eigenvalue weighted by molar-refractivity contribution is -0.0108. The first kappa shape index (κ1) is 40.2. The molecule has 6 aromatic heterocycles. The fraction of sp³-hybridized carbons (Fsp3) is 0.316. The molecule has 2 saturated carbocycles. The van der Waals surface area contributed by atoms with Crippen LogP contribution in [0.3, 0.4) is 0 Å². The second kappa shape index (κ2) is 17.0. The van der Waals surface area contributed by atoms with Gasteiger partial charge in [0.25, 0.3) is 11.1 Å². The molecule has 0 aliphatic heterocycles. The van der Waals surface area contributed by atoms with Crippen LogP contribution in [0.2, 0.25) is 0 Å². The van der Waals surface area contributed by atoms with Crippen LogP contribution in [0.15, 0.2) is 102 Å². The van der Waals surface area contributed by atoms with E-state index in [1.54, 1.807) is 47.5 Å². The molecule has 2 fully saturated rings. The Hall–Kier alpha value is -7.56. The second-order valence-electron chi connectivity index (χ2n) is 14.3. The number of aryl methyl sites for hydroxylation is 2. The fourth-order valence-corrected chi connectivity index (χ4v) is 6.55. The molecule has 8 aromatic rings. The zero-order chi connectivity index (χ0) is 42.8. The van der Waals surface area contributed by atoms with E-state index >= 15 is 0 Å². The summed E-state index contributed by atoms with van der Waals surface area (Å²) in [6, 6.07) is 11.8. The zero-order valence-electron chi connectivity index (χ0n) is 32.4. The number of fused-ring (bicyclic) bond motifs is 2. The minimum atomic E-state index is -0.660. The molecule has 61 heavy (non-hydrogen) atoms. The molecule has 0 atom stereocenters. The topological polar surface area (TPSA) is 251 Å². The maximum Gasteiger partial charge on any atom is 0.437 e. The number of aliphatic hydroxyl groups is 1. The van der Waals surface area contributed by atoms with Crippen LogP contribution in [0.1, 0.15) is 43.5 Å². The quantitative estimate of drug-likeness (QED) is 0.210. The van der Waals surface area contributed by atoms with Crippen molar-refractivity contribution in [3.63, 3.8) is 0 Å². The van der Waals surface area contributed by atoms with E-state index in [-0.39, 0.29) is 72.0 Å². The van der Waals surface area contributed by atoms with Gasteiger partial charge in [-0.25, -0.2) is 43.4 Å². The predicted octanol–water partition coefficient (Wildman–Crippen LogP) is 1.83. The second-order valence-corrected chi connectivity index (χ2v) is 14.3. The molecule has 0 amide bonds. The van der Waals surface area contributed by atoms with Crippen LogP contribution in [0.25, 0.3) is 22.3 Å². The van der Waals surface area contributed by atoms with E-state index in [9.17, 15) is 28.0 Å². The molecule has 0 radical (unpaired) electrons. The third-order valence-electron chi connectivity index (χ3n) is 9.79. The van der Waals surface area contributed by atoms with Gasteiger partial charge in [-0.3, -0.25) is 18.7 Å². The molecule has 23 heteroatoms. The summed E-state index contributed by atoms with van der Waals surface area (Å²) in [7, 11) is 3.41. The zero-order valence-corrected chi connectivity index (χ0v) is 32.4. The summed E-state index contributed by atoms with van der Waals surface area (Å²) in [5.41, 5.74) is 0.896. The van der Waals surface area contributed by atoms with Crippen LogP contribution in [0.5, 0.6) is 11.5 Å². The highest BCUT2D eigenvalue weighted by molar-refractivity contribution is 5.69. The summed E-state index contributed by atoms with van der Waals surface area (Å²) in [6.45, 7) is 0.0107. The number of aliphatic hydroxyl groups excluding tert-OH is 1. The standard InChI is InChI=1S/C19H17FN6O4.C10H11FO2.C9H8N6O3/c1-24-9-21-17-16(24)18(27)25(10-22-17)8-15-23-26(19(28)30-15)12-6-14(7-12)29-13-4-2-3-11(20)5-13;11-7-2-1-3-9(4-7)13-10-5-8(12)6-10;1-14-3-10-7-6(14)8(16)15(4-11-7)2-5-12-13-9(17)18-5/h2-5,9-10,12,14H,6-8H2,1H3;1-4,8,10,12H,5-6H2;3-4H,2H2,1H3,(H,13,17). The van der Waals surface area contributed by atoms with E-state index in [1.807, 2.05) is 0 Å². The molecular weight excluding hydrogens is 806 g/mol. The Labute approximate surface area is 340 Å². The summed E-state index contributed by atoms with van der Waals surface area (Å²) in [5, 5.41) is 19.0. The van der Waals surface area contributed by atoms with Gasteiger partial charge in [0.2, 0.25) is 11.8 Å². The molecule has 316 valence electrons. The Kier molecular flexibility index (Phi) is 11.2. The van der Waals surface area contributed by atoms with Crippen molar-refractivity contribution in [2.24, 2.45) is 14.1 Å². The number of nitrogens with one attached hydrogen (secondary N) is 1. The number of hydrogen-bond donors (Lipinski definition) is 2. The molecule has 2 N–H and O–H groups in total. The van der Waals surface area contributed by atoms with Gasteiger partial charge in [-0.05, 0) is 24.3 Å². The first-order valence-electron chi connectivity index (χ1n) is 18.7. The summed E-state index contributed by atoms with van der Waals surface area (Å²) in [5.74, 6) is -0.701. The lowest BCUT2D eigenvalue weighted by Gasteiger charge is -2.34. The minimum absolute atomic E-state index is 0.0227. The lowest BCUT2D eigenvalue weighted by atomic mass is 9.89. The van der Waals surface area contributed by atoms with E-state index in [0.717, 1.165) is 0 Å². The Morgan fingerprint density at radius 2 is 1.23 bits per heavy atom. The van der Waals surface area contributed by atoms with Gasteiger partial charge in [0.15, 0.2) is 22.3 Å². The third kappa shape index (κ3) is 9.05. The van der Waals surface area contributed by atoms with Crippen LogP contribution < -0.4 is 32.1 Å². The number of imidazole rings is 2. The summed E-state index contributed by atoms with van der Waals surface area (Å²) >= 11 is 0. The number of benzene rings is 2. The molecule has 0 bridgehead atoms. The van der Waals surface area contributed by atoms with Crippen molar-refractivity contribution >= 4 is 22.3 Å². The van der Waals surface area contributed by atoms with Crippen molar-refractivity contribution in [1.29, 1.82) is 0 Å². The molecule has 2 aliphatic carbocycles. The van der Waals surface area contributed by atoms with Crippen LogP contribution in [-0.4, -0.2) is 81.6 Å². The number of rotatable bonds is 9. The Morgan fingerprint density at radius 1 is 0.721 bits per heavy atom. The molecule has 0 spiro atoms. The molecule has 6 heterocycles. The summed E-state index contributed by atoms with van der Waals surface area (Å²) in [4.78, 5) is 63.9. The van der Waals surface area contributed by atoms with E-state index in [4.69, 9.17) is 23.4 Å². The van der Waals surface area contributed by atoms with Gasteiger partial charge in [0.05, 0.1) is 24.8 Å². The highest BCUT2D eigenvalue weighted by atomic mass is 19.1. The Bertz CT molecular complexity index is 3060. The highest BCUT2D eigenvalue weighted by Crippen LogP contribution is 2.34. The predicted molar refractivity (Wildman–Crippen MR) is 207 cm³/mol. The van der Waals surface area contributed by atoms with Gasteiger partial charge in [-0.2, -0.15) is 4.68 Å². The lowest BCUT2D eigenvalue weighted by Crippen LogP contribution is -2.39. The van der Waals surface area contributed by atoms with Crippen LogP contribution >= 0.6 is 0 Å². The van der Waals surface area contributed by atoms with Crippen LogP contribution in [0.4, 0.5) is 8.78 Å². The van der Waals surface area contributed by atoms with Crippen LogP contribution in [0, 0.1) is 11.6 Å². The number of halogens is 2. The van der Waals surface area contributed by atoms with E-state index < -0.39 is 11.5 Å². The molecule has 21 nitrogen and oxygen atoms in total. The van der Waals surface area contributed by atoms with Gasteiger partial charge < -0.3 is 32.5 Å². The minimum Gasteiger partial charge on any atom is -0.490 e. The van der Waals surface area contributed by atoms with E-state index in [1.165, 1.54) is 63.4 Å². The van der Waals surface area contributed by atoms with Crippen LogP contribution in [-0.2, 0) is 27.2 Å². The maximum atomic E-state index is 13.3. The van der Waals surface area contributed by atoms with Crippen molar-refractivity contribution < 1.29 is 32.2 Å². The largest absolute Gasteiger partial charge is 0.490 e. The normalized spacial score (nSPS) is 18.0. The van der Waals surface area contributed by atoms with Crippen molar-refractivity contribution in [2.75, 3.05) is 0 Å². The van der Waals surface area contributed by atoms with Gasteiger partial charge in [0.1, 0.15) is 61.1 Å². The molecule has 2 aromatic carbocycles. The first-order valence-corrected chi connectivity index (χ1v) is 18.7. The van der Waals surface area contributed by atoms with Crippen molar-refractivity contribution in [3.05, 3.63) is 139 Å². The monoisotopic (exact) mass is 842 g/mol. The number of H-pyrrole nitrogens is 1. The van der Waals surface area contributed by atoms with Gasteiger partial charge in [-0.15, -0.1) is 10.2 Å². The number of nitrogens with zero attached hydrogens (tertiary/aromatic N) is 11. The average Bonchev–Trinajstić information content (AvgIpc) is 3.99. The van der Waals surface area contributed by atoms with E-state index in [0.29, 0.717) is 59.5 Å². The summed E-state index contributed by atoms with van der Waals surface area (Å²) < 4.78 is 54.1. The molecule has 2 aliphatic rings. The SMILES string of the molecule is Cn1cnc2ncn(Cc3n[nH]c(=O)o3)c(=O)c21.Cn1cnc2ncn(Cc3nn(C4CC(Oc5cccc(F)c5)C4)c(=O)o3)c(=O)c21.OC1CC(Oc2cccc(F)c2)C1. The molecule has 10 rings (SSSR count). The number of ether oxygens (including phenoxy) is 2. The fourth-order valence-electron chi connectivity index (χ4n) is 6.55. The molecular formula is C38H36F2N12O9. The highest BCUT2D eigenvalue weighted by Gasteiger charge is 2.35. The third-order valence-corrected chi connectivity index (χ3v) is 9.79. The summed E-state index contributed by atoms with van der Waals surface area (Å²) in [6.07, 6.45) is 7.78. The van der Waals surface area contributed by atoms with Gasteiger partial charge in [0, 0.05) is 51.9 Å². The number of aromatic amines is 1. The van der Waals surface area contributed by atoms with E-state index in [2.05, 4.69) is 35.2 Å². The average molecular weight is 843 g/mol. The van der Waals surface area contributed by atoms with Crippen molar-refractivity contribution in [3.8, 4) is 11.5 Å². The Morgan fingerprint density at radius 3 is 1.72 bits per heavy atom. The molecule has 0 unspecified atom stereocenters. The molecule has 0 saturated heterocycles. The smallest absolute Gasteiger partial charge is 0.437 e.